The Balaban J connectivity index is 1.47. The first-order valence-electron chi connectivity index (χ1n) is 10.5. The van der Waals surface area contributed by atoms with Gasteiger partial charge in [-0.1, -0.05) is 18.2 Å². The van der Waals surface area contributed by atoms with Crippen molar-refractivity contribution in [1.29, 1.82) is 0 Å². The van der Waals surface area contributed by atoms with Gasteiger partial charge < -0.3 is 10.1 Å². The van der Waals surface area contributed by atoms with E-state index in [2.05, 4.69) is 10.3 Å². The molecule has 2 aromatic rings. The fraction of sp³-hybridized carbons (Fsp3) is 0.565. The Morgan fingerprint density at radius 3 is 2.32 bits per heavy atom. The standard InChI is InChI=1S/C23H29N3O2/c1-15-24-21(20(14-28-2)26(15)19-6-4-3-5-7-19)22(27)25-23-11-16-8-17(12-23)10-18(9-16)13-23/h3-7,16-18H,8-14H2,1-2H3,(H,25,27). The van der Waals surface area contributed by atoms with Crippen molar-refractivity contribution in [3.05, 3.63) is 47.5 Å². The van der Waals surface area contributed by atoms with Crippen LogP contribution >= 0.6 is 0 Å². The molecule has 1 aromatic carbocycles. The molecule has 1 N–H and O–H groups in total. The molecule has 0 radical (unpaired) electrons. The summed E-state index contributed by atoms with van der Waals surface area (Å²) in [6.07, 6.45) is 7.53. The number of hydrogen-bond donors (Lipinski definition) is 1. The summed E-state index contributed by atoms with van der Waals surface area (Å²) in [4.78, 5) is 18.1. The first kappa shape index (κ1) is 17.9. The molecule has 0 atom stereocenters. The average molecular weight is 380 g/mol. The number of rotatable bonds is 5. The van der Waals surface area contributed by atoms with Crippen LogP contribution in [0, 0.1) is 24.7 Å². The molecule has 0 aliphatic heterocycles. The van der Waals surface area contributed by atoms with Crippen LogP contribution in [0.3, 0.4) is 0 Å². The van der Waals surface area contributed by atoms with Crippen LogP contribution in [-0.4, -0.2) is 28.1 Å². The second kappa shape index (κ2) is 6.73. The Morgan fingerprint density at radius 2 is 1.75 bits per heavy atom. The van der Waals surface area contributed by atoms with Gasteiger partial charge in [0.2, 0.25) is 0 Å². The van der Waals surface area contributed by atoms with Gasteiger partial charge in [-0.25, -0.2) is 4.98 Å². The van der Waals surface area contributed by atoms with E-state index < -0.39 is 0 Å². The van der Waals surface area contributed by atoms with Crippen LogP contribution < -0.4 is 5.32 Å². The van der Waals surface area contributed by atoms with E-state index in [0.29, 0.717) is 12.3 Å². The summed E-state index contributed by atoms with van der Waals surface area (Å²) in [6.45, 7) is 2.31. The molecule has 6 rings (SSSR count). The zero-order chi connectivity index (χ0) is 19.3. The highest BCUT2D eigenvalue weighted by molar-refractivity contribution is 5.94. The first-order valence-corrected chi connectivity index (χ1v) is 10.5. The molecule has 4 aliphatic rings. The lowest BCUT2D eigenvalue weighted by molar-refractivity contribution is -0.0168. The Hall–Kier alpha value is -2.14. The van der Waals surface area contributed by atoms with E-state index in [0.717, 1.165) is 54.2 Å². The minimum absolute atomic E-state index is 0.0133. The SMILES string of the molecule is COCc1c(C(=O)NC23CC4CC(CC(C4)C2)C3)nc(C)n1-c1ccccc1. The second-order valence-corrected chi connectivity index (χ2v) is 9.21. The lowest BCUT2D eigenvalue weighted by Crippen LogP contribution is -2.60. The molecule has 1 heterocycles. The second-order valence-electron chi connectivity index (χ2n) is 9.21. The number of imidazole rings is 1. The number of amides is 1. The molecule has 4 aliphatic carbocycles. The van der Waals surface area contributed by atoms with Gasteiger partial charge in [-0.05, 0) is 75.3 Å². The molecule has 4 fully saturated rings. The summed E-state index contributed by atoms with van der Waals surface area (Å²) in [5.74, 6) is 3.18. The molecule has 1 aromatic heterocycles. The van der Waals surface area contributed by atoms with E-state index in [1.165, 1.54) is 19.3 Å². The molecule has 5 nitrogen and oxygen atoms in total. The van der Waals surface area contributed by atoms with Gasteiger partial charge in [-0.2, -0.15) is 0 Å². The summed E-state index contributed by atoms with van der Waals surface area (Å²) >= 11 is 0. The maximum Gasteiger partial charge on any atom is 0.272 e. The molecule has 0 saturated heterocycles. The normalized spacial score (nSPS) is 30.6. The number of carbonyl (C=O) groups is 1. The van der Waals surface area contributed by atoms with Crippen molar-refractivity contribution >= 4 is 5.91 Å². The fourth-order valence-corrected chi connectivity index (χ4v) is 6.51. The number of hydrogen-bond acceptors (Lipinski definition) is 3. The van der Waals surface area contributed by atoms with E-state index in [9.17, 15) is 4.79 Å². The highest BCUT2D eigenvalue weighted by Gasteiger charge is 2.51. The Morgan fingerprint density at radius 1 is 1.14 bits per heavy atom. The van der Waals surface area contributed by atoms with Gasteiger partial charge in [0.05, 0.1) is 12.3 Å². The Kier molecular flexibility index (Phi) is 4.31. The molecular weight excluding hydrogens is 350 g/mol. The van der Waals surface area contributed by atoms with E-state index in [-0.39, 0.29) is 11.4 Å². The van der Waals surface area contributed by atoms with Gasteiger partial charge >= 0.3 is 0 Å². The molecular formula is C23H29N3O2. The van der Waals surface area contributed by atoms with E-state index >= 15 is 0 Å². The van der Waals surface area contributed by atoms with Crippen LogP contribution in [0.2, 0.25) is 0 Å². The molecule has 4 saturated carbocycles. The van der Waals surface area contributed by atoms with Crippen molar-refractivity contribution in [2.45, 2.75) is 57.6 Å². The minimum Gasteiger partial charge on any atom is -0.378 e. The summed E-state index contributed by atoms with van der Waals surface area (Å²) in [5, 5.41) is 3.46. The average Bonchev–Trinajstić information content (AvgIpc) is 2.97. The number of nitrogens with zero attached hydrogens (tertiary/aromatic N) is 2. The maximum absolute atomic E-state index is 13.4. The lowest BCUT2D eigenvalue weighted by Gasteiger charge is -2.56. The number of para-hydroxylation sites is 1. The zero-order valence-electron chi connectivity index (χ0n) is 16.8. The summed E-state index contributed by atoms with van der Waals surface area (Å²) < 4.78 is 7.49. The van der Waals surface area contributed by atoms with Crippen molar-refractivity contribution in [1.82, 2.24) is 14.9 Å². The van der Waals surface area contributed by atoms with E-state index in [1.807, 2.05) is 41.8 Å². The summed E-state index contributed by atoms with van der Waals surface area (Å²) in [6, 6.07) is 10.1. The van der Waals surface area contributed by atoms with E-state index in [1.54, 1.807) is 7.11 Å². The number of benzene rings is 1. The van der Waals surface area contributed by atoms with Gasteiger partial charge in [0.25, 0.3) is 5.91 Å². The monoisotopic (exact) mass is 379 g/mol. The van der Waals surface area contributed by atoms with Crippen LogP contribution in [-0.2, 0) is 11.3 Å². The van der Waals surface area contributed by atoms with Gasteiger partial charge in [0.1, 0.15) is 5.82 Å². The smallest absolute Gasteiger partial charge is 0.272 e. The van der Waals surface area contributed by atoms with Crippen molar-refractivity contribution in [2.24, 2.45) is 17.8 Å². The zero-order valence-corrected chi connectivity index (χ0v) is 16.8. The molecule has 4 bridgehead atoms. The predicted octanol–water partition coefficient (Wildman–Crippen LogP) is 4.03. The third-order valence-corrected chi connectivity index (χ3v) is 7.07. The van der Waals surface area contributed by atoms with Crippen molar-refractivity contribution in [3.63, 3.8) is 0 Å². The van der Waals surface area contributed by atoms with Gasteiger partial charge in [0, 0.05) is 18.3 Å². The Bertz CT molecular complexity index is 851. The van der Waals surface area contributed by atoms with Crippen LogP contribution in [0.25, 0.3) is 5.69 Å². The van der Waals surface area contributed by atoms with Crippen LogP contribution in [0.1, 0.15) is 60.5 Å². The van der Waals surface area contributed by atoms with Crippen LogP contribution in [0.15, 0.2) is 30.3 Å². The lowest BCUT2D eigenvalue weighted by atomic mass is 9.53. The Labute approximate surface area is 166 Å². The molecule has 0 spiro atoms. The summed E-state index contributed by atoms with van der Waals surface area (Å²) in [7, 11) is 1.67. The molecule has 0 unspecified atom stereocenters. The number of carbonyl (C=O) groups excluding carboxylic acids is 1. The van der Waals surface area contributed by atoms with E-state index in [4.69, 9.17) is 4.74 Å². The maximum atomic E-state index is 13.4. The highest BCUT2D eigenvalue weighted by Crippen LogP contribution is 2.55. The molecule has 5 heteroatoms. The van der Waals surface area contributed by atoms with Gasteiger partial charge in [-0.15, -0.1) is 0 Å². The number of ether oxygens (including phenoxy) is 1. The molecule has 1 amide bonds. The van der Waals surface area contributed by atoms with Crippen LogP contribution in [0.4, 0.5) is 0 Å². The quantitative estimate of drug-likeness (QED) is 0.853. The van der Waals surface area contributed by atoms with Crippen molar-refractivity contribution in [2.75, 3.05) is 7.11 Å². The summed E-state index contributed by atoms with van der Waals surface area (Å²) in [5.41, 5.74) is 2.33. The third-order valence-electron chi connectivity index (χ3n) is 7.07. The highest BCUT2D eigenvalue weighted by atomic mass is 16.5. The minimum atomic E-state index is -0.0354. The fourth-order valence-electron chi connectivity index (χ4n) is 6.51. The first-order chi connectivity index (χ1) is 13.6. The molecule has 28 heavy (non-hydrogen) atoms. The molecule has 148 valence electrons. The number of nitrogens with one attached hydrogen (secondary N) is 1. The number of aromatic nitrogens is 2. The topological polar surface area (TPSA) is 56.1 Å². The predicted molar refractivity (Wildman–Crippen MR) is 107 cm³/mol. The number of methoxy groups -OCH3 is 1. The van der Waals surface area contributed by atoms with Crippen LogP contribution in [0.5, 0.6) is 0 Å². The van der Waals surface area contributed by atoms with Crippen molar-refractivity contribution < 1.29 is 9.53 Å². The largest absolute Gasteiger partial charge is 0.378 e. The third kappa shape index (κ3) is 2.96. The van der Waals surface area contributed by atoms with Gasteiger partial charge in [-0.3, -0.25) is 9.36 Å². The van der Waals surface area contributed by atoms with Crippen molar-refractivity contribution in [3.8, 4) is 5.69 Å². The number of aryl methyl sites for hydroxylation is 1. The van der Waals surface area contributed by atoms with Gasteiger partial charge in [0.15, 0.2) is 5.69 Å².